The third kappa shape index (κ3) is 2.51. The lowest BCUT2D eigenvalue weighted by atomic mass is 10.1. The minimum atomic E-state index is -2.36. The second-order valence-corrected chi connectivity index (χ2v) is 3.92. The average molecular weight is 303 g/mol. The summed E-state index contributed by atoms with van der Waals surface area (Å²) in [6, 6.07) is 5.13. The molecule has 0 radical (unpaired) electrons. The summed E-state index contributed by atoms with van der Waals surface area (Å²) >= 11 is 0. The van der Waals surface area contributed by atoms with Crippen LogP contribution in [-0.4, -0.2) is 11.0 Å². The van der Waals surface area contributed by atoms with Crippen LogP contribution in [-0.2, 0) is 0 Å². The molecule has 0 saturated carbocycles. The highest BCUT2D eigenvalue weighted by Gasteiger charge is 2.29. The molecule has 1 amide bonds. The van der Waals surface area contributed by atoms with Crippen molar-refractivity contribution in [1.82, 2.24) is 0 Å². The average Bonchev–Trinajstić information content (AvgIpc) is 2.46. The van der Waals surface area contributed by atoms with E-state index >= 15 is 0 Å². The summed E-state index contributed by atoms with van der Waals surface area (Å²) in [4.78, 5) is 11.7. The second kappa shape index (κ2) is 5.39. The molecule has 2 aromatic rings. The molecule has 0 spiro atoms. The number of amides is 1. The zero-order valence-electron chi connectivity index (χ0n) is 10.1. The van der Waals surface area contributed by atoms with E-state index in [0.29, 0.717) is 0 Å². The smallest absolute Gasteiger partial charge is 0.261 e. The van der Waals surface area contributed by atoms with Gasteiger partial charge >= 0.3 is 0 Å². The van der Waals surface area contributed by atoms with Gasteiger partial charge in [0.15, 0.2) is 23.3 Å². The van der Waals surface area contributed by atoms with Crippen LogP contribution >= 0.6 is 0 Å². The molecule has 0 unspecified atom stereocenters. The van der Waals surface area contributed by atoms with E-state index in [0.717, 1.165) is 6.07 Å². The molecule has 8 heteroatoms. The molecule has 0 aliphatic carbocycles. The minimum absolute atomic E-state index is 0.244. The first-order valence-electron chi connectivity index (χ1n) is 5.45. The number of nitrogens with one attached hydrogen (secondary N) is 1. The van der Waals surface area contributed by atoms with Crippen LogP contribution in [0.2, 0.25) is 0 Å². The molecule has 0 fully saturated rings. The van der Waals surface area contributed by atoms with Crippen LogP contribution in [0.4, 0.5) is 27.6 Å². The van der Waals surface area contributed by atoms with Gasteiger partial charge in [-0.25, -0.2) is 22.0 Å². The lowest BCUT2D eigenvalue weighted by Gasteiger charge is -2.10. The van der Waals surface area contributed by atoms with Gasteiger partial charge in [-0.05, 0) is 12.1 Å². The van der Waals surface area contributed by atoms with Crippen LogP contribution in [0, 0.1) is 29.1 Å². The monoisotopic (exact) mass is 303 g/mol. The summed E-state index contributed by atoms with van der Waals surface area (Å²) in [5.74, 6) is -13.3. The van der Waals surface area contributed by atoms with Crippen molar-refractivity contribution < 1.29 is 31.9 Å². The predicted octanol–water partition coefficient (Wildman–Crippen LogP) is 3.34. The Morgan fingerprint density at radius 1 is 0.857 bits per heavy atom. The number of aromatic hydroxyl groups is 1. The fourth-order valence-electron chi connectivity index (χ4n) is 1.57. The van der Waals surface area contributed by atoms with E-state index < -0.39 is 46.3 Å². The summed E-state index contributed by atoms with van der Waals surface area (Å²) in [5, 5.41) is 11.2. The summed E-state index contributed by atoms with van der Waals surface area (Å²) < 4.78 is 65.7. The van der Waals surface area contributed by atoms with Crippen molar-refractivity contribution in [3.63, 3.8) is 0 Å². The van der Waals surface area contributed by atoms with E-state index in [9.17, 15) is 31.9 Å². The SMILES string of the molecule is O=C(Nc1ccccc1O)c1c(F)c(F)c(F)c(F)c1F. The van der Waals surface area contributed by atoms with Crippen LogP contribution in [0.3, 0.4) is 0 Å². The van der Waals surface area contributed by atoms with Gasteiger partial charge in [-0.3, -0.25) is 4.79 Å². The Morgan fingerprint density at radius 3 is 1.86 bits per heavy atom. The number of hydrogen-bond donors (Lipinski definition) is 2. The molecular weight excluding hydrogens is 297 g/mol. The maximum atomic E-state index is 13.4. The van der Waals surface area contributed by atoms with Gasteiger partial charge in [-0.1, -0.05) is 12.1 Å². The minimum Gasteiger partial charge on any atom is -0.506 e. The molecule has 0 atom stereocenters. The topological polar surface area (TPSA) is 49.3 Å². The summed E-state index contributed by atoms with van der Waals surface area (Å²) in [7, 11) is 0. The Kier molecular flexibility index (Phi) is 3.79. The van der Waals surface area contributed by atoms with Crippen molar-refractivity contribution in [2.24, 2.45) is 0 Å². The Balaban J connectivity index is 2.48. The van der Waals surface area contributed by atoms with Crippen molar-refractivity contribution in [1.29, 1.82) is 0 Å². The maximum Gasteiger partial charge on any atom is 0.261 e. The molecule has 2 rings (SSSR count). The highest BCUT2D eigenvalue weighted by molar-refractivity contribution is 6.05. The van der Waals surface area contributed by atoms with Gasteiger partial charge in [-0.15, -0.1) is 0 Å². The fourth-order valence-corrected chi connectivity index (χ4v) is 1.57. The summed E-state index contributed by atoms with van der Waals surface area (Å²) in [5.41, 5.74) is -1.87. The van der Waals surface area contributed by atoms with E-state index in [2.05, 4.69) is 0 Å². The molecule has 0 heterocycles. The molecule has 0 saturated heterocycles. The number of anilines is 1. The third-order valence-electron chi connectivity index (χ3n) is 2.59. The van der Waals surface area contributed by atoms with Gasteiger partial charge in [0.1, 0.15) is 11.3 Å². The first-order valence-corrected chi connectivity index (χ1v) is 5.45. The summed E-state index contributed by atoms with van der Waals surface area (Å²) in [6.07, 6.45) is 0. The van der Waals surface area contributed by atoms with Crippen LogP contribution in [0.1, 0.15) is 10.4 Å². The summed E-state index contributed by atoms with van der Waals surface area (Å²) in [6.45, 7) is 0. The molecule has 21 heavy (non-hydrogen) atoms. The van der Waals surface area contributed by atoms with E-state index in [4.69, 9.17) is 0 Å². The molecule has 2 N–H and O–H groups in total. The Hall–Kier alpha value is -2.64. The molecular formula is C13H6F5NO2. The molecule has 0 bridgehead atoms. The molecule has 110 valence electrons. The normalized spacial score (nSPS) is 10.5. The molecule has 0 aromatic heterocycles. The van der Waals surface area contributed by atoms with E-state index in [-0.39, 0.29) is 5.69 Å². The van der Waals surface area contributed by atoms with Crippen LogP contribution < -0.4 is 5.32 Å². The van der Waals surface area contributed by atoms with Gasteiger partial charge in [0.2, 0.25) is 5.82 Å². The number of rotatable bonds is 2. The number of phenols is 1. The van der Waals surface area contributed by atoms with E-state index in [1.165, 1.54) is 18.2 Å². The largest absolute Gasteiger partial charge is 0.506 e. The fraction of sp³-hybridized carbons (Fsp3) is 0. The van der Waals surface area contributed by atoms with Crippen LogP contribution in [0.25, 0.3) is 0 Å². The zero-order chi connectivity index (χ0) is 15.7. The predicted molar refractivity (Wildman–Crippen MR) is 62.3 cm³/mol. The Bertz CT molecular complexity index is 704. The number of hydrogen-bond acceptors (Lipinski definition) is 2. The van der Waals surface area contributed by atoms with Gasteiger partial charge in [0, 0.05) is 0 Å². The van der Waals surface area contributed by atoms with E-state index in [1.807, 2.05) is 5.32 Å². The Morgan fingerprint density at radius 2 is 1.33 bits per heavy atom. The number of carbonyl (C=O) groups is 1. The highest BCUT2D eigenvalue weighted by Crippen LogP contribution is 2.26. The zero-order valence-corrected chi connectivity index (χ0v) is 10.1. The lowest BCUT2D eigenvalue weighted by Crippen LogP contribution is -2.19. The number of phenolic OH excluding ortho intramolecular Hbond substituents is 1. The number of benzene rings is 2. The molecule has 0 aliphatic heterocycles. The number of para-hydroxylation sites is 2. The molecule has 2 aromatic carbocycles. The van der Waals surface area contributed by atoms with E-state index in [1.54, 1.807) is 0 Å². The third-order valence-corrected chi connectivity index (χ3v) is 2.59. The lowest BCUT2D eigenvalue weighted by molar-refractivity contribution is 0.101. The second-order valence-electron chi connectivity index (χ2n) is 3.92. The van der Waals surface area contributed by atoms with Gasteiger partial charge in [0.25, 0.3) is 5.91 Å². The standard InChI is InChI=1S/C13H6F5NO2/c14-8-7(9(15)11(17)12(18)10(8)16)13(21)19-5-3-1-2-4-6(5)20/h1-4,20H,(H,19,21). The van der Waals surface area contributed by atoms with Crippen LogP contribution in [0.5, 0.6) is 5.75 Å². The number of halogens is 5. The molecule has 0 aliphatic rings. The van der Waals surface area contributed by atoms with Gasteiger partial charge < -0.3 is 10.4 Å². The Labute approximate surface area is 114 Å². The quantitative estimate of drug-likeness (QED) is 0.387. The highest BCUT2D eigenvalue weighted by atomic mass is 19.2. The van der Waals surface area contributed by atoms with Crippen molar-refractivity contribution in [3.8, 4) is 5.75 Å². The maximum absolute atomic E-state index is 13.4. The van der Waals surface area contributed by atoms with Crippen molar-refractivity contribution in [2.45, 2.75) is 0 Å². The first-order chi connectivity index (χ1) is 9.84. The van der Waals surface area contributed by atoms with Crippen molar-refractivity contribution in [2.75, 3.05) is 5.32 Å². The number of carbonyl (C=O) groups excluding carboxylic acids is 1. The van der Waals surface area contributed by atoms with Gasteiger partial charge in [0.05, 0.1) is 5.69 Å². The first kappa shape index (κ1) is 14.8. The van der Waals surface area contributed by atoms with Crippen molar-refractivity contribution >= 4 is 11.6 Å². The van der Waals surface area contributed by atoms with Crippen LogP contribution in [0.15, 0.2) is 24.3 Å². The molecule has 3 nitrogen and oxygen atoms in total. The van der Waals surface area contributed by atoms with Crippen molar-refractivity contribution in [3.05, 3.63) is 58.9 Å². The van der Waals surface area contributed by atoms with Gasteiger partial charge in [-0.2, -0.15) is 0 Å².